The number of hydrogen-bond donors (Lipinski definition) is 4. The molecule has 0 radical (unpaired) electrons. The van der Waals surface area contributed by atoms with Crippen LogP contribution in [-0.2, 0) is 19.2 Å². The SMILES string of the molecule is CC(C)[C@@H]1C[C@@H](C(=O)NC(CC2CC2)C(=O)C(N)=O)N(C(=O)[C@@H](NC(=O)N[C@H](C(=O)c2ccc(N(C)C)cc2)C(C)C)C(C)(C)C)C1. The number of likely N-dealkylation sites (tertiary alicyclic amines) is 1. The number of ketones is 2. The molecule has 1 saturated heterocycles. The smallest absolute Gasteiger partial charge is 0.316 e. The average Bonchev–Trinajstić information content (AvgIpc) is 3.69. The topological polar surface area (TPSA) is 171 Å². The van der Waals surface area contributed by atoms with Crippen molar-refractivity contribution < 1.29 is 28.8 Å². The summed E-state index contributed by atoms with van der Waals surface area (Å²) in [4.78, 5) is 82.6. The largest absolute Gasteiger partial charge is 0.378 e. The molecule has 12 nitrogen and oxygen atoms in total. The molecule has 1 unspecified atom stereocenters. The van der Waals surface area contributed by atoms with Crippen molar-refractivity contribution in [2.75, 3.05) is 25.5 Å². The maximum absolute atomic E-state index is 14.3. The van der Waals surface area contributed by atoms with Gasteiger partial charge in [-0.25, -0.2) is 4.79 Å². The Morgan fingerprint density at radius 2 is 1.53 bits per heavy atom. The summed E-state index contributed by atoms with van der Waals surface area (Å²) in [5.74, 6) is -3.02. The fourth-order valence-corrected chi connectivity index (χ4v) is 5.97. The number of primary amides is 1. The van der Waals surface area contributed by atoms with Gasteiger partial charge in [-0.2, -0.15) is 0 Å². The van der Waals surface area contributed by atoms with E-state index >= 15 is 0 Å². The van der Waals surface area contributed by atoms with Crippen molar-refractivity contribution in [1.29, 1.82) is 0 Å². The van der Waals surface area contributed by atoms with Gasteiger partial charge in [0.2, 0.25) is 17.6 Å². The van der Waals surface area contributed by atoms with Gasteiger partial charge in [-0.15, -0.1) is 0 Å². The molecule has 1 heterocycles. The Kier molecular flexibility index (Phi) is 12.2. The Labute approximate surface area is 278 Å². The van der Waals surface area contributed by atoms with Crippen LogP contribution in [0.4, 0.5) is 10.5 Å². The van der Waals surface area contributed by atoms with E-state index in [0.29, 0.717) is 18.4 Å². The van der Waals surface area contributed by atoms with E-state index in [-0.39, 0.29) is 36.0 Å². The predicted molar refractivity (Wildman–Crippen MR) is 181 cm³/mol. The lowest BCUT2D eigenvalue weighted by atomic mass is 9.85. The first-order valence-electron chi connectivity index (χ1n) is 16.6. The molecule has 0 aromatic heterocycles. The number of anilines is 1. The highest BCUT2D eigenvalue weighted by Gasteiger charge is 2.46. The summed E-state index contributed by atoms with van der Waals surface area (Å²) in [6.45, 7) is 13.4. The average molecular weight is 655 g/mol. The molecule has 5 atom stereocenters. The van der Waals surface area contributed by atoms with E-state index in [9.17, 15) is 28.8 Å². The van der Waals surface area contributed by atoms with Crippen LogP contribution < -0.4 is 26.6 Å². The zero-order valence-electron chi connectivity index (χ0n) is 29.4. The minimum absolute atomic E-state index is 0.000282. The fourth-order valence-electron chi connectivity index (χ4n) is 5.97. The fraction of sp³-hybridized carbons (Fsp3) is 0.657. The summed E-state index contributed by atoms with van der Waals surface area (Å²) in [6, 6.07) is 2.62. The third-order valence-electron chi connectivity index (χ3n) is 9.30. The Balaban J connectivity index is 1.81. The lowest BCUT2D eigenvalue weighted by Gasteiger charge is -2.36. The van der Waals surface area contributed by atoms with Crippen molar-refractivity contribution in [3.8, 4) is 0 Å². The van der Waals surface area contributed by atoms with Crippen LogP contribution in [0.3, 0.4) is 0 Å². The minimum atomic E-state index is -1.11. The van der Waals surface area contributed by atoms with E-state index in [2.05, 4.69) is 16.0 Å². The van der Waals surface area contributed by atoms with E-state index in [1.165, 1.54) is 4.90 Å². The lowest BCUT2D eigenvalue weighted by Crippen LogP contribution is -2.61. The molecule has 5 N–H and O–H groups in total. The van der Waals surface area contributed by atoms with Gasteiger partial charge in [0.15, 0.2) is 5.78 Å². The molecule has 1 aromatic rings. The van der Waals surface area contributed by atoms with Crippen molar-refractivity contribution in [1.82, 2.24) is 20.9 Å². The van der Waals surface area contributed by atoms with Crippen molar-refractivity contribution in [2.45, 2.75) is 98.3 Å². The molecule has 1 aliphatic heterocycles. The van der Waals surface area contributed by atoms with Crippen LogP contribution in [-0.4, -0.2) is 85.0 Å². The lowest BCUT2D eigenvalue weighted by molar-refractivity contribution is -0.143. The van der Waals surface area contributed by atoms with Crippen LogP contribution in [0.5, 0.6) is 0 Å². The van der Waals surface area contributed by atoms with Gasteiger partial charge in [0.05, 0.1) is 12.1 Å². The molecule has 0 bridgehead atoms. The Morgan fingerprint density at radius 3 is 2.00 bits per heavy atom. The number of benzene rings is 1. The van der Waals surface area contributed by atoms with Crippen molar-refractivity contribution in [3.63, 3.8) is 0 Å². The molecule has 47 heavy (non-hydrogen) atoms. The van der Waals surface area contributed by atoms with Crippen LogP contribution in [0.2, 0.25) is 0 Å². The molecule has 12 heteroatoms. The number of hydrogen-bond acceptors (Lipinski definition) is 7. The monoisotopic (exact) mass is 654 g/mol. The molecule has 1 saturated carbocycles. The van der Waals surface area contributed by atoms with Gasteiger partial charge >= 0.3 is 6.03 Å². The number of nitrogens with zero attached hydrogens (tertiary/aromatic N) is 2. The first kappa shape index (κ1) is 37.5. The molecule has 260 valence electrons. The van der Waals surface area contributed by atoms with Gasteiger partial charge in [-0.05, 0) is 66.2 Å². The second kappa shape index (κ2) is 15.3. The van der Waals surface area contributed by atoms with Gasteiger partial charge in [-0.3, -0.25) is 24.0 Å². The Hall–Kier alpha value is -3.96. The number of Topliss-reactive ketones (excluding diaryl/α,β-unsaturated/α-hetero) is 2. The molecule has 1 aliphatic carbocycles. The van der Waals surface area contributed by atoms with E-state index < -0.39 is 59.1 Å². The summed E-state index contributed by atoms with van der Waals surface area (Å²) >= 11 is 0. The van der Waals surface area contributed by atoms with Crippen LogP contribution in [0.1, 0.15) is 84.5 Å². The third-order valence-corrected chi connectivity index (χ3v) is 9.30. The Bertz CT molecular complexity index is 1330. The van der Waals surface area contributed by atoms with Gasteiger partial charge in [-0.1, -0.05) is 61.3 Å². The number of carbonyl (C=O) groups excluding carboxylic acids is 6. The highest BCUT2D eigenvalue weighted by atomic mass is 16.2. The number of carbonyl (C=O) groups is 6. The molecule has 2 fully saturated rings. The number of nitrogens with one attached hydrogen (secondary N) is 3. The number of amides is 5. The van der Waals surface area contributed by atoms with Crippen LogP contribution in [0, 0.1) is 29.1 Å². The number of nitrogens with two attached hydrogens (primary N) is 1. The summed E-state index contributed by atoms with van der Waals surface area (Å²) in [5, 5.41) is 8.33. The number of urea groups is 1. The third kappa shape index (κ3) is 9.77. The highest BCUT2D eigenvalue weighted by Crippen LogP contribution is 2.35. The van der Waals surface area contributed by atoms with E-state index in [1.54, 1.807) is 12.1 Å². The first-order valence-corrected chi connectivity index (χ1v) is 16.6. The molecule has 2 aliphatic rings. The minimum Gasteiger partial charge on any atom is -0.378 e. The normalized spacial score (nSPS) is 19.9. The van der Waals surface area contributed by atoms with Crippen LogP contribution >= 0.6 is 0 Å². The van der Waals surface area contributed by atoms with Gasteiger partial charge in [0.1, 0.15) is 12.1 Å². The van der Waals surface area contributed by atoms with Gasteiger partial charge in [0, 0.05) is 31.9 Å². The maximum atomic E-state index is 14.3. The molecule has 0 spiro atoms. The van der Waals surface area contributed by atoms with E-state index in [0.717, 1.165) is 18.5 Å². The second-order valence-corrected chi connectivity index (χ2v) is 15.2. The van der Waals surface area contributed by atoms with E-state index in [4.69, 9.17) is 5.73 Å². The maximum Gasteiger partial charge on any atom is 0.316 e. The summed E-state index contributed by atoms with van der Waals surface area (Å²) < 4.78 is 0. The first-order chi connectivity index (χ1) is 21.8. The summed E-state index contributed by atoms with van der Waals surface area (Å²) in [6.07, 6.45) is 2.52. The quantitative estimate of drug-likeness (QED) is 0.177. The van der Waals surface area contributed by atoms with Crippen molar-refractivity contribution in [3.05, 3.63) is 29.8 Å². The van der Waals surface area contributed by atoms with Crippen LogP contribution in [0.25, 0.3) is 0 Å². The zero-order chi connectivity index (χ0) is 35.4. The molecular formula is C35H54N6O6. The standard InChI is InChI=1S/C35H54N6O6/c1-19(2)23-17-26(32(45)37-25(16-21-10-11-21)29(43)31(36)44)41(18-23)33(46)30(35(5,6)7)39-34(47)38-27(20(3)4)28(42)22-12-14-24(15-13-22)40(8)9/h12-15,19-21,23,25-27,30H,10-11,16-18H2,1-9H3,(H2,36,44)(H,37,45)(H2,38,39,47)/t23-,25?,26+,27+,30-/m1/s1. The molecule has 5 amide bonds. The highest BCUT2D eigenvalue weighted by molar-refractivity contribution is 6.37. The van der Waals surface area contributed by atoms with Crippen molar-refractivity contribution >= 4 is 41.0 Å². The Morgan fingerprint density at radius 1 is 0.936 bits per heavy atom. The molecular weight excluding hydrogens is 600 g/mol. The van der Waals surface area contributed by atoms with Crippen LogP contribution in [0.15, 0.2) is 24.3 Å². The predicted octanol–water partition coefficient (Wildman–Crippen LogP) is 2.89. The molecule has 3 rings (SSSR count). The molecule has 1 aromatic carbocycles. The van der Waals surface area contributed by atoms with Gasteiger partial charge in [0.25, 0.3) is 5.91 Å². The van der Waals surface area contributed by atoms with Crippen molar-refractivity contribution in [2.24, 2.45) is 34.8 Å². The number of rotatable bonds is 14. The zero-order valence-corrected chi connectivity index (χ0v) is 29.4. The summed E-state index contributed by atoms with van der Waals surface area (Å²) in [5.41, 5.74) is 5.91. The summed E-state index contributed by atoms with van der Waals surface area (Å²) in [7, 11) is 3.81. The van der Waals surface area contributed by atoms with E-state index in [1.807, 2.05) is 79.6 Å². The second-order valence-electron chi connectivity index (χ2n) is 15.2. The van der Waals surface area contributed by atoms with Gasteiger partial charge < -0.3 is 31.5 Å².